The fraction of sp³-hybridized carbons (Fsp3) is 0. The van der Waals surface area contributed by atoms with Crippen LogP contribution >= 0.6 is 0 Å². The molecule has 0 spiro atoms. The van der Waals surface area contributed by atoms with Crippen LogP contribution in [-0.2, 0) is 0 Å². The molecule has 5 heteroatoms. The molecule has 0 aliphatic heterocycles. The predicted molar refractivity (Wildman–Crippen MR) is 226 cm³/mol. The molecule has 55 heavy (non-hydrogen) atoms. The lowest BCUT2D eigenvalue weighted by atomic mass is 10.0. The Balaban J connectivity index is 1.14. The molecule has 0 radical (unpaired) electrons. The normalized spacial score (nSPS) is 11.6. The van der Waals surface area contributed by atoms with Crippen LogP contribution in [0.4, 0.5) is 5.69 Å². The molecule has 0 aliphatic rings. The summed E-state index contributed by atoms with van der Waals surface area (Å²) in [5.41, 5.74) is 12.6. The molecule has 0 saturated heterocycles. The minimum Gasteiger partial charge on any atom is -0.310 e. The van der Waals surface area contributed by atoms with Crippen molar-refractivity contribution in [3.63, 3.8) is 0 Å². The molecule has 0 unspecified atom stereocenters. The average Bonchev–Trinajstić information content (AvgIpc) is 3.89. The van der Waals surface area contributed by atoms with Gasteiger partial charge in [0.25, 0.3) is 0 Å². The van der Waals surface area contributed by atoms with Gasteiger partial charge in [0.2, 0.25) is 0 Å². The van der Waals surface area contributed by atoms with Gasteiger partial charge in [-0.2, -0.15) is 5.26 Å². The average molecular weight is 700 g/mol. The van der Waals surface area contributed by atoms with Crippen LogP contribution < -0.4 is 0 Å². The molecule has 254 valence electrons. The Morgan fingerprint density at radius 1 is 0.418 bits per heavy atom. The van der Waals surface area contributed by atoms with E-state index in [1.165, 1.54) is 10.8 Å². The number of nitrogens with zero attached hydrogens (tertiary/aromatic N) is 5. The van der Waals surface area contributed by atoms with E-state index in [0.29, 0.717) is 11.3 Å². The molecule has 3 aromatic heterocycles. The van der Waals surface area contributed by atoms with Crippen molar-refractivity contribution in [2.45, 2.75) is 0 Å². The first-order valence-electron chi connectivity index (χ1n) is 18.3. The van der Waals surface area contributed by atoms with Crippen molar-refractivity contribution in [3.05, 3.63) is 193 Å². The summed E-state index contributed by atoms with van der Waals surface area (Å²) in [6.45, 7) is 7.69. The highest BCUT2D eigenvalue weighted by molar-refractivity contribution is 6.16. The molecule has 0 atom stereocenters. The number of benzene rings is 8. The molecule has 0 amide bonds. The van der Waals surface area contributed by atoms with Gasteiger partial charge in [-0.15, -0.1) is 0 Å². The number of hydrogen-bond donors (Lipinski definition) is 0. The maximum absolute atomic E-state index is 10.6. The van der Waals surface area contributed by atoms with E-state index in [2.05, 4.69) is 176 Å². The molecular weight excluding hydrogens is 671 g/mol. The quantitative estimate of drug-likeness (QED) is 0.169. The summed E-state index contributed by atoms with van der Waals surface area (Å²) in [4.78, 5) is 3.74. The largest absolute Gasteiger partial charge is 0.310 e. The first-order chi connectivity index (χ1) is 27.2. The zero-order chi connectivity index (χ0) is 36.6. The summed E-state index contributed by atoms with van der Waals surface area (Å²) in [5, 5.41) is 17.5. The summed E-state index contributed by atoms with van der Waals surface area (Å²) >= 11 is 0. The topological polar surface area (TPSA) is 42.9 Å². The molecule has 0 saturated carbocycles. The summed E-state index contributed by atoms with van der Waals surface area (Å²) < 4.78 is 6.88. The number of aromatic nitrogens is 3. The monoisotopic (exact) mass is 699 g/mol. The molecule has 3 heterocycles. The Kier molecular flexibility index (Phi) is 6.61. The van der Waals surface area contributed by atoms with Crippen LogP contribution in [0.15, 0.2) is 176 Å². The maximum Gasteiger partial charge on any atom is 0.189 e. The second kappa shape index (κ2) is 11.8. The van der Waals surface area contributed by atoms with Gasteiger partial charge in [-0.3, -0.25) is 0 Å². The van der Waals surface area contributed by atoms with Gasteiger partial charge >= 0.3 is 0 Å². The van der Waals surface area contributed by atoms with Crippen molar-refractivity contribution in [2.24, 2.45) is 0 Å². The highest BCUT2D eigenvalue weighted by Gasteiger charge is 2.21. The zero-order valence-corrected chi connectivity index (χ0v) is 29.5. The standard InChI is InChI=1S/C50H29N5/c1-52-35-26-27-40-39-16-2-6-18-42(39)53(49(40)30-35)36-13-10-12-32(28-36)33-24-25-34(31-51)48(29-33)55-45-21-9-5-17-41(45)50-46(22-11-23-47(50)55)54-43-19-7-3-14-37(43)38-15-4-8-20-44(38)54/h2-30H. The number of nitriles is 1. The van der Waals surface area contributed by atoms with Crippen LogP contribution in [0.1, 0.15) is 5.56 Å². The Labute approximate surface area is 316 Å². The predicted octanol–water partition coefficient (Wildman–Crippen LogP) is 13.1. The van der Waals surface area contributed by atoms with Gasteiger partial charge in [0.1, 0.15) is 6.07 Å². The highest BCUT2D eigenvalue weighted by atomic mass is 15.0. The van der Waals surface area contributed by atoms with Crippen molar-refractivity contribution in [2.75, 3.05) is 0 Å². The Morgan fingerprint density at radius 3 is 1.64 bits per heavy atom. The maximum atomic E-state index is 10.6. The van der Waals surface area contributed by atoms with Gasteiger partial charge in [-0.05, 0) is 77.9 Å². The first-order valence-corrected chi connectivity index (χ1v) is 18.3. The van der Waals surface area contributed by atoms with Gasteiger partial charge in [-0.1, -0.05) is 109 Å². The highest BCUT2D eigenvalue weighted by Crippen LogP contribution is 2.41. The number of rotatable bonds is 4. The van der Waals surface area contributed by atoms with E-state index in [1.807, 2.05) is 24.3 Å². The smallest absolute Gasteiger partial charge is 0.189 e. The third kappa shape index (κ3) is 4.45. The summed E-state index contributed by atoms with van der Waals surface area (Å²) in [5.74, 6) is 0. The van der Waals surface area contributed by atoms with E-state index in [4.69, 9.17) is 6.57 Å². The zero-order valence-electron chi connectivity index (χ0n) is 29.5. The summed E-state index contributed by atoms with van der Waals surface area (Å²) in [7, 11) is 0. The van der Waals surface area contributed by atoms with E-state index in [1.54, 1.807) is 0 Å². The van der Waals surface area contributed by atoms with Crippen molar-refractivity contribution < 1.29 is 0 Å². The third-order valence-corrected chi connectivity index (χ3v) is 11.1. The van der Waals surface area contributed by atoms with E-state index >= 15 is 0 Å². The van der Waals surface area contributed by atoms with Crippen molar-refractivity contribution in [1.29, 1.82) is 5.26 Å². The second-order valence-electron chi connectivity index (χ2n) is 14.0. The minimum atomic E-state index is 0.596. The van der Waals surface area contributed by atoms with Gasteiger partial charge in [-0.25, -0.2) is 4.85 Å². The molecule has 0 fully saturated rings. The van der Waals surface area contributed by atoms with Crippen LogP contribution in [-0.4, -0.2) is 13.7 Å². The van der Waals surface area contributed by atoms with Gasteiger partial charge in [0.05, 0.1) is 51.1 Å². The van der Waals surface area contributed by atoms with Gasteiger partial charge in [0.15, 0.2) is 5.69 Å². The molecular formula is C50H29N5. The third-order valence-electron chi connectivity index (χ3n) is 11.1. The molecule has 5 nitrogen and oxygen atoms in total. The van der Waals surface area contributed by atoms with Crippen molar-refractivity contribution >= 4 is 71.1 Å². The van der Waals surface area contributed by atoms with Crippen LogP contribution in [0.3, 0.4) is 0 Å². The van der Waals surface area contributed by atoms with Crippen LogP contribution in [0, 0.1) is 17.9 Å². The first kappa shape index (κ1) is 30.7. The molecule has 11 rings (SSSR count). The lowest BCUT2D eigenvalue weighted by molar-refractivity contribution is 1.16. The van der Waals surface area contributed by atoms with E-state index in [0.717, 1.165) is 82.8 Å². The Morgan fingerprint density at radius 2 is 0.964 bits per heavy atom. The molecule has 0 N–H and O–H groups in total. The molecule has 0 bridgehead atoms. The molecule has 8 aromatic carbocycles. The second-order valence-corrected chi connectivity index (χ2v) is 14.0. The van der Waals surface area contributed by atoms with Crippen molar-refractivity contribution in [1.82, 2.24) is 13.7 Å². The van der Waals surface area contributed by atoms with E-state index in [-0.39, 0.29) is 0 Å². The summed E-state index contributed by atoms with van der Waals surface area (Å²) in [6, 6.07) is 63.7. The SMILES string of the molecule is [C-]#[N+]c1ccc2c3ccccc3n(-c3cccc(-c4ccc(C#N)c(-n5c6ccccc6c6c(-n7c8ccccc8c8ccccc87)cccc65)c4)c3)c2c1. The van der Waals surface area contributed by atoms with Crippen LogP contribution in [0.5, 0.6) is 0 Å². The number of para-hydroxylation sites is 4. The van der Waals surface area contributed by atoms with E-state index < -0.39 is 0 Å². The van der Waals surface area contributed by atoms with Crippen LogP contribution in [0.25, 0.3) is 98.5 Å². The summed E-state index contributed by atoms with van der Waals surface area (Å²) in [6.07, 6.45) is 0. The fourth-order valence-electron chi connectivity index (χ4n) is 8.75. The van der Waals surface area contributed by atoms with Crippen LogP contribution in [0.2, 0.25) is 0 Å². The Hall–Kier alpha value is -7.86. The van der Waals surface area contributed by atoms with Gasteiger partial charge in [0, 0.05) is 43.5 Å². The molecule has 0 aliphatic carbocycles. The minimum absolute atomic E-state index is 0.596. The van der Waals surface area contributed by atoms with Crippen molar-refractivity contribution in [3.8, 4) is 34.3 Å². The van der Waals surface area contributed by atoms with E-state index in [9.17, 15) is 5.26 Å². The number of fused-ring (bicyclic) bond motifs is 9. The fourth-order valence-corrected chi connectivity index (χ4v) is 8.75. The lowest BCUT2D eigenvalue weighted by Gasteiger charge is -2.14. The van der Waals surface area contributed by atoms with Gasteiger partial charge < -0.3 is 13.7 Å². The molecule has 11 aromatic rings. The number of hydrogen-bond acceptors (Lipinski definition) is 1. The Bertz CT molecular complexity index is 3420. The lowest BCUT2D eigenvalue weighted by Crippen LogP contribution is -1.99.